The Balaban J connectivity index is 1.87. The van der Waals surface area contributed by atoms with Gasteiger partial charge in [0.15, 0.2) is 5.82 Å². The maximum Gasteiger partial charge on any atom is 0.256 e. The molecule has 128 valence electrons. The number of amides is 1. The zero-order valence-corrected chi connectivity index (χ0v) is 14.6. The van der Waals surface area contributed by atoms with Crippen LogP contribution in [0.4, 0.5) is 5.82 Å². The third-order valence-corrected chi connectivity index (χ3v) is 3.97. The first kappa shape index (κ1) is 16.8. The van der Waals surface area contributed by atoms with Gasteiger partial charge in [-0.05, 0) is 49.2 Å². The molecule has 3 rings (SSSR count). The summed E-state index contributed by atoms with van der Waals surface area (Å²) in [5.74, 6) is 0.966. The third-order valence-electron chi connectivity index (χ3n) is 3.97. The second kappa shape index (κ2) is 7.21. The van der Waals surface area contributed by atoms with E-state index in [9.17, 15) is 4.79 Å². The van der Waals surface area contributed by atoms with Crippen LogP contribution in [0.3, 0.4) is 0 Å². The molecule has 0 fully saturated rings. The molecular weight excluding hydrogens is 314 g/mol. The predicted molar refractivity (Wildman–Crippen MR) is 98.6 cm³/mol. The molecule has 0 saturated heterocycles. The van der Waals surface area contributed by atoms with Gasteiger partial charge in [0.2, 0.25) is 0 Å². The molecule has 0 atom stereocenters. The number of aryl methyl sites for hydroxylation is 2. The number of nitrogens with one attached hydrogen (secondary N) is 1. The van der Waals surface area contributed by atoms with E-state index in [2.05, 4.69) is 23.4 Å². The Morgan fingerprint density at radius 2 is 1.96 bits per heavy atom. The molecule has 5 heteroatoms. The maximum absolute atomic E-state index is 12.5. The number of carbonyl (C=O) groups excluding carboxylic acids is 1. The quantitative estimate of drug-likeness (QED) is 0.766. The number of ether oxygens (including phenoxy) is 1. The van der Waals surface area contributed by atoms with Crippen LogP contribution < -0.4 is 10.1 Å². The Labute approximate surface area is 147 Å². The van der Waals surface area contributed by atoms with Crippen molar-refractivity contribution >= 4 is 11.7 Å². The molecule has 2 aromatic carbocycles. The summed E-state index contributed by atoms with van der Waals surface area (Å²) in [5.41, 5.74) is 3.71. The van der Waals surface area contributed by atoms with E-state index in [4.69, 9.17) is 4.74 Å². The lowest BCUT2D eigenvalue weighted by Crippen LogP contribution is -2.12. The van der Waals surface area contributed by atoms with Crippen molar-refractivity contribution in [3.8, 4) is 11.4 Å². The molecule has 1 heterocycles. The van der Waals surface area contributed by atoms with Gasteiger partial charge < -0.3 is 10.1 Å². The van der Waals surface area contributed by atoms with Crippen LogP contribution in [0.15, 0.2) is 54.6 Å². The molecule has 25 heavy (non-hydrogen) atoms. The zero-order valence-electron chi connectivity index (χ0n) is 14.6. The number of nitrogens with zero attached hydrogens (tertiary/aromatic N) is 2. The zero-order chi connectivity index (χ0) is 17.8. The summed E-state index contributed by atoms with van der Waals surface area (Å²) in [6, 6.07) is 17.1. The van der Waals surface area contributed by atoms with Gasteiger partial charge in [-0.2, -0.15) is 0 Å². The van der Waals surface area contributed by atoms with Crippen molar-refractivity contribution in [3.63, 3.8) is 0 Å². The topological polar surface area (TPSA) is 56.1 Å². The molecule has 0 aliphatic carbocycles. The normalized spacial score (nSPS) is 10.5. The largest absolute Gasteiger partial charge is 0.497 e. The van der Waals surface area contributed by atoms with Crippen LogP contribution in [0.1, 0.15) is 28.5 Å². The van der Waals surface area contributed by atoms with Crippen LogP contribution in [0.5, 0.6) is 5.75 Å². The van der Waals surface area contributed by atoms with Crippen molar-refractivity contribution in [2.24, 2.45) is 0 Å². The number of anilines is 1. The van der Waals surface area contributed by atoms with E-state index in [1.54, 1.807) is 31.4 Å². The highest BCUT2D eigenvalue weighted by molar-refractivity contribution is 6.04. The van der Waals surface area contributed by atoms with E-state index < -0.39 is 0 Å². The molecule has 0 unspecified atom stereocenters. The van der Waals surface area contributed by atoms with Gasteiger partial charge in [-0.3, -0.25) is 4.79 Å². The summed E-state index contributed by atoms with van der Waals surface area (Å²) < 4.78 is 7.03. The number of benzene rings is 2. The van der Waals surface area contributed by atoms with Gasteiger partial charge in [-0.1, -0.05) is 25.1 Å². The lowest BCUT2D eigenvalue weighted by atomic mass is 10.2. The molecule has 0 aliphatic rings. The van der Waals surface area contributed by atoms with Gasteiger partial charge in [0.05, 0.1) is 12.8 Å². The monoisotopic (exact) mass is 335 g/mol. The molecule has 0 bridgehead atoms. The number of aromatic nitrogens is 2. The van der Waals surface area contributed by atoms with Crippen molar-refractivity contribution in [2.75, 3.05) is 12.4 Å². The van der Waals surface area contributed by atoms with E-state index in [1.807, 2.05) is 35.9 Å². The second-order valence-electron chi connectivity index (χ2n) is 5.81. The van der Waals surface area contributed by atoms with Gasteiger partial charge in [0.25, 0.3) is 5.91 Å². The van der Waals surface area contributed by atoms with E-state index >= 15 is 0 Å². The summed E-state index contributed by atoms with van der Waals surface area (Å²) in [7, 11) is 1.58. The van der Waals surface area contributed by atoms with E-state index in [-0.39, 0.29) is 5.91 Å². The van der Waals surface area contributed by atoms with Gasteiger partial charge in [-0.15, -0.1) is 5.10 Å². The molecule has 1 N–H and O–H groups in total. The molecule has 0 radical (unpaired) electrons. The molecule has 0 aliphatic heterocycles. The van der Waals surface area contributed by atoms with Gasteiger partial charge in [-0.25, -0.2) is 4.68 Å². The summed E-state index contributed by atoms with van der Waals surface area (Å²) in [6.07, 6.45) is 0.815. The average molecular weight is 335 g/mol. The fourth-order valence-corrected chi connectivity index (χ4v) is 2.67. The summed E-state index contributed by atoms with van der Waals surface area (Å²) in [5, 5.41) is 7.42. The number of carbonyl (C=O) groups is 1. The molecule has 0 saturated carbocycles. The minimum atomic E-state index is -0.213. The lowest BCUT2D eigenvalue weighted by Gasteiger charge is -2.06. The highest BCUT2D eigenvalue weighted by Gasteiger charge is 2.13. The van der Waals surface area contributed by atoms with Crippen molar-refractivity contribution in [1.82, 2.24) is 9.78 Å². The summed E-state index contributed by atoms with van der Waals surface area (Å²) in [4.78, 5) is 12.5. The summed E-state index contributed by atoms with van der Waals surface area (Å²) >= 11 is 0. The van der Waals surface area contributed by atoms with Crippen LogP contribution in [-0.2, 0) is 6.42 Å². The standard InChI is InChI=1S/C20H21N3O2/c1-4-16-13-19(22-23(16)17-9-5-7-14(2)11-17)21-20(24)15-8-6-10-18(12-15)25-3/h5-13H,4H2,1-3H3,(H,21,22,24). The Morgan fingerprint density at radius 3 is 2.68 bits per heavy atom. The smallest absolute Gasteiger partial charge is 0.256 e. The van der Waals surface area contributed by atoms with E-state index in [0.717, 1.165) is 23.4 Å². The van der Waals surface area contributed by atoms with Crippen LogP contribution in [0.25, 0.3) is 5.69 Å². The number of methoxy groups -OCH3 is 1. The predicted octanol–water partition coefficient (Wildman–Crippen LogP) is 4.00. The van der Waals surface area contributed by atoms with Crippen molar-refractivity contribution in [2.45, 2.75) is 20.3 Å². The Morgan fingerprint density at radius 1 is 1.16 bits per heavy atom. The minimum Gasteiger partial charge on any atom is -0.497 e. The SMILES string of the molecule is CCc1cc(NC(=O)c2cccc(OC)c2)nn1-c1cccc(C)c1. The van der Waals surface area contributed by atoms with Gasteiger partial charge >= 0.3 is 0 Å². The Bertz CT molecular complexity index is 899. The lowest BCUT2D eigenvalue weighted by molar-refractivity contribution is 0.102. The molecule has 3 aromatic rings. The average Bonchev–Trinajstić information content (AvgIpc) is 3.04. The maximum atomic E-state index is 12.5. The van der Waals surface area contributed by atoms with Crippen molar-refractivity contribution < 1.29 is 9.53 Å². The fraction of sp³-hybridized carbons (Fsp3) is 0.200. The first-order chi connectivity index (χ1) is 12.1. The second-order valence-corrected chi connectivity index (χ2v) is 5.81. The first-order valence-electron chi connectivity index (χ1n) is 8.22. The fourth-order valence-electron chi connectivity index (χ4n) is 2.67. The van der Waals surface area contributed by atoms with Crippen LogP contribution in [0.2, 0.25) is 0 Å². The number of hydrogen-bond acceptors (Lipinski definition) is 3. The first-order valence-corrected chi connectivity index (χ1v) is 8.22. The number of hydrogen-bond donors (Lipinski definition) is 1. The summed E-state index contributed by atoms with van der Waals surface area (Å²) in [6.45, 7) is 4.11. The molecule has 1 aromatic heterocycles. The molecule has 0 spiro atoms. The van der Waals surface area contributed by atoms with Gasteiger partial charge in [0, 0.05) is 17.3 Å². The Kier molecular flexibility index (Phi) is 4.84. The molecule has 1 amide bonds. The van der Waals surface area contributed by atoms with Gasteiger partial charge in [0.1, 0.15) is 5.75 Å². The number of rotatable bonds is 5. The van der Waals surface area contributed by atoms with Crippen molar-refractivity contribution in [3.05, 3.63) is 71.4 Å². The van der Waals surface area contributed by atoms with Crippen LogP contribution >= 0.6 is 0 Å². The third kappa shape index (κ3) is 3.71. The van der Waals surface area contributed by atoms with Crippen LogP contribution in [-0.4, -0.2) is 22.8 Å². The minimum absolute atomic E-state index is 0.213. The Hall–Kier alpha value is -3.08. The van der Waals surface area contributed by atoms with Crippen LogP contribution in [0, 0.1) is 6.92 Å². The highest BCUT2D eigenvalue weighted by Crippen LogP contribution is 2.19. The molecular formula is C20H21N3O2. The molecule has 5 nitrogen and oxygen atoms in total. The van der Waals surface area contributed by atoms with E-state index in [1.165, 1.54) is 0 Å². The van der Waals surface area contributed by atoms with E-state index in [0.29, 0.717) is 17.1 Å². The van der Waals surface area contributed by atoms with Crippen molar-refractivity contribution in [1.29, 1.82) is 0 Å². The highest BCUT2D eigenvalue weighted by atomic mass is 16.5.